The molecule has 1 aliphatic heterocycles. The topological polar surface area (TPSA) is 39.1 Å². The van der Waals surface area contributed by atoms with Crippen LogP contribution in [0, 0.1) is 5.92 Å². The third-order valence-electron chi connectivity index (χ3n) is 3.21. The number of rotatable bonds is 4. The van der Waals surface area contributed by atoms with E-state index in [1.807, 2.05) is 19.4 Å². The van der Waals surface area contributed by atoms with Gasteiger partial charge in [0.25, 0.3) is 0 Å². The molecular weight excluding hydrogens is 202 g/mol. The number of aromatic nitrogens is 2. The lowest BCUT2D eigenvalue weighted by Crippen LogP contribution is -2.31. The zero-order chi connectivity index (χ0) is 11.4. The minimum absolute atomic E-state index is 0.307. The Morgan fingerprint density at radius 3 is 3.19 bits per heavy atom. The first kappa shape index (κ1) is 11.6. The van der Waals surface area contributed by atoms with E-state index < -0.39 is 0 Å². The predicted octanol–water partition coefficient (Wildman–Crippen LogP) is 1.50. The Morgan fingerprint density at radius 1 is 1.69 bits per heavy atom. The average molecular weight is 223 g/mol. The molecule has 1 aromatic heterocycles. The number of imidazole rings is 1. The van der Waals surface area contributed by atoms with Crippen molar-refractivity contribution in [1.82, 2.24) is 14.9 Å². The Bertz CT molecular complexity index is 318. The number of nitrogens with one attached hydrogen (secondary N) is 1. The molecule has 2 atom stereocenters. The monoisotopic (exact) mass is 223 g/mol. The lowest BCUT2D eigenvalue weighted by Gasteiger charge is -2.24. The third kappa shape index (κ3) is 2.83. The number of nitrogens with zero attached hydrogens (tertiary/aromatic N) is 2. The molecule has 2 rings (SSSR count). The highest BCUT2D eigenvalue weighted by Gasteiger charge is 2.16. The van der Waals surface area contributed by atoms with Crippen LogP contribution in [0.2, 0.25) is 0 Å². The van der Waals surface area contributed by atoms with E-state index in [1.165, 1.54) is 12.8 Å². The van der Waals surface area contributed by atoms with E-state index >= 15 is 0 Å². The fraction of sp³-hybridized carbons (Fsp3) is 0.750. The van der Waals surface area contributed by atoms with Crippen molar-refractivity contribution in [3.8, 4) is 0 Å². The Hall–Kier alpha value is -0.870. The Morgan fingerprint density at radius 2 is 2.56 bits per heavy atom. The van der Waals surface area contributed by atoms with Crippen molar-refractivity contribution in [2.75, 3.05) is 19.8 Å². The molecule has 1 saturated heterocycles. The minimum atomic E-state index is 0.307. The van der Waals surface area contributed by atoms with Crippen molar-refractivity contribution in [3.63, 3.8) is 0 Å². The quantitative estimate of drug-likeness (QED) is 0.840. The zero-order valence-electron chi connectivity index (χ0n) is 10.1. The van der Waals surface area contributed by atoms with E-state index in [1.54, 1.807) is 0 Å². The summed E-state index contributed by atoms with van der Waals surface area (Å²) < 4.78 is 7.53. The third-order valence-corrected chi connectivity index (χ3v) is 3.21. The zero-order valence-corrected chi connectivity index (χ0v) is 10.1. The van der Waals surface area contributed by atoms with Crippen molar-refractivity contribution in [1.29, 1.82) is 0 Å². The number of hydrogen-bond acceptors (Lipinski definition) is 3. The Kier molecular flexibility index (Phi) is 3.96. The van der Waals surface area contributed by atoms with Crippen LogP contribution in [0.25, 0.3) is 0 Å². The summed E-state index contributed by atoms with van der Waals surface area (Å²) in [5.41, 5.74) is 0. The van der Waals surface area contributed by atoms with Crippen molar-refractivity contribution in [2.45, 2.75) is 25.8 Å². The molecule has 1 aliphatic rings. The van der Waals surface area contributed by atoms with Crippen LogP contribution in [0.4, 0.5) is 0 Å². The molecule has 0 spiro atoms. The van der Waals surface area contributed by atoms with E-state index in [2.05, 4.69) is 21.8 Å². The lowest BCUT2D eigenvalue weighted by atomic mass is 10.0. The Labute approximate surface area is 97.0 Å². The summed E-state index contributed by atoms with van der Waals surface area (Å²) in [6, 6.07) is 0.307. The SMILES string of the molecule is CC(NCC1CCCOC1)c1nccn1C. The van der Waals surface area contributed by atoms with Gasteiger partial charge in [-0.05, 0) is 25.7 Å². The predicted molar refractivity (Wildman–Crippen MR) is 63.2 cm³/mol. The van der Waals surface area contributed by atoms with Crippen LogP contribution in [0.1, 0.15) is 31.6 Å². The Balaban J connectivity index is 1.79. The largest absolute Gasteiger partial charge is 0.381 e. The van der Waals surface area contributed by atoms with Crippen LogP contribution < -0.4 is 5.32 Å². The molecule has 4 nitrogen and oxygen atoms in total. The van der Waals surface area contributed by atoms with Crippen LogP contribution >= 0.6 is 0 Å². The van der Waals surface area contributed by atoms with Crippen molar-refractivity contribution in [3.05, 3.63) is 18.2 Å². The highest BCUT2D eigenvalue weighted by Crippen LogP contribution is 2.14. The van der Waals surface area contributed by atoms with Gasteiger partial charge in [-0.2, -0.15) is 0 Å². The van der Waals surface area contributed by atoms with Gasteiger partial charge in [0.15, 0.2) is 0 Å². The van der Waals surface area contributed by atoms with Gasteiger partial charge < -0.3 is 14.6 Å². The smallest absolute Gasteiger partial charge is 0.125 e. The molecule has 0 saturated carbocycles. The molecule has 4 heteroatoms. The first-order valence-electron chi connectivity index (χ1n) is 6.05. The fourth-order valence-corrected chi connectivity index (χ4v) is 2.20. The van der Waals surface area contributed by atoms with E-state index in [4.69, 9.17) is 4.74 Å². The van der Waals surface area contributed by atoms with Crippen LogP contribution in [-0.4, -0.2) is 29.3 Å². The van der Waals surface area contributed by atoms with Gasteiger partial charge in [0.1, 0.15) is 5.82 Å². The molecule has 90 valence electrons. The first-order valence-corrected chi connectivity index (χ1v) is 6.05. The van der Waals surface area contributed by atoms with Gasteiger partial charge >= 0.3 is 0 Å². The van der Waals surface area contributed by atoms with Gasteiger partial charge in [-0.25, -0.2) is 4.98 Å². The molecule has 16 heavy (non-hydrogen) atoms. The normalized spacial score (nSPS) is 23.2. The lowest BCUT2D eigenvalue weighted by molar-refractivity contribution is 0.0539. The van der Waals surface area contributed by atoms with Gasteiger partial charge in [0, 0.05) is 32.6 Å². The van der Waals surface area contributed by atoms with Gasteiger partial charge in [-0.15, -0.1) is 0 Å². The maximum Gasteiger partial charge on any atom is 0.125 e. The highest BCUT2D eigenvalue weighted by molar-refractivity contribution is 4.97. The first-order chi connectivity index (χ1) is 7.77. The van der Waals surface area contributed by atoms with Gasteiger partial charge in [0.05, 0.1) is 12.6 Å². The molecule has 1 aromatic rings. The second-order valence-corrected chi connectivity index (χ2v) is 4.61. The minimum Gasteiger partial charge on any atom is -0.381 e. The number of ether oxygens (including phenoxy) is 1. The molecule has 0 radical (unpaired) electrons. The molecule has 1 N–H and O–H groups in total. The summed E-state index contributed by atoms with van der Waals surface area (Å²) in [5.74, 6) is 1.76. The highest BCUT2D eigenvalue weighted by atomic mass is 16.5. The van der Waals surface area contributed by atoms with Crippen LogP contribution in [0.15, 0.2) is 12.4 Å². The van der Waals surface area contributed by atoms with Gasteiger partial charge in [-0.1, -0.05) is 0 Å². The average Bonchev–Trinajstić information content (AvgIpc) is 2.74. The maximum atomic E-state index is 5.47. The standard InChI is InChI=1S/C12H21N3O/c1-10(12-13-5-6-15(12)2)14-8-11-4-3-7-16-9-11/h5-6,10-11,14H,3-4,7-9H2,1-2H3. The molecular formula is C12H21N3O. The summed E-state index contributed by atoms with van der Waals surface area (Å²) in [5, 5.41) is 3.53. The van der Waals surface area contributed by atoms with Crippen molar-refractivity contribution < 1.29 is 4.74 Å². The summed E-state index contributed by atoms with van der Waals surface area (Å²) >= 11 is 0. The fourth-order valence-electron chi connectivity index (χ4n) is 2.20. The van der Waals surface area contributed by atoms with Crippen molar-refractivity contribution in [2.24, 2.45) is 13.0 Å². The number of aryl methyl sites for hydroxylation is 1. The second kappa shape index (κ2) is 5.46. The van der Waals surface area contributed by atoms with Gasteiger partial charge in [0.2, 0.25) is 0 Å². The van der Waals surface area contributed by atoms with E-state index in [0.29, 0.717) is 12.0 Å². The summed E-state index contributed by atoms with van der Waals surface area (Å²) in [6.45, 7) is 5.02. The van der Waals surface area contributed by atoms with E-state index in [9.17, 15) is 0 Å². The molecule has 2 heterocycles. The summed E-state index contributed by atoms with van der Waals surface area (Å²) in [6.07, 6.45) is 6.30. The van der Waals surface area contributed by atoms with E-state index in [0.717, 1.165) is 25.6 Å². The summed E-state index contributed by atoms with van der Waals surface area (Å²) in [7, 11) is 2.03. The maximum absolute atomic E-state index is 5.47. The van der Waals surface area contributed by atoms with Crippen LogP contribution in [0.3, 0.4) is 0 Å². The van der Waals surface area contributed by atoms with E-state index in [-0.39, 0.29) is 0 Å². The molecule has 1 fully saturated rings. The van der Waals surface area contributed by atoms with Crippen LogP contribution in [0.5, 0.6) is 0 Å². The number of hydrogen-bond donors (Lipinski definition) is 1. The molecule has 0 bridgehead atoms. The second-order valence-electron chi connectivity index (χ2n) is 4.61. The van der Waals surface area contributed by atoms with Crippen LogP contribution in [-0.2, 0) is 11.8 Å². The molecule has 2 unspecified atom stereocenters. The summed E-state index contributed by atoms with van der Waals surface area (Å²) in [4.78, 5) is 4.35. The van der Waals surface area contributed by atoms with Crippen molar-refractivity contribution >= 4 is 0 Å². The van der Waals surface area contributed by atoms with Gasteiger partial charge in [-0.3, -0.25) is 0 Å². The molecule has 0 aliphatic carbocycles. The molecule has 0 amide bonds. The molecule has 0 aromatic carbocycles.